The largest absolute Gasteiger partial charge is 0.481 e. The molecule has 2 aliphatic rings. The van der Waals surface area contributed by atoms with Crippen molar-refractivity contribution in [2.24, 2.45) is 11.8 Å². The van der Waals surface area contributed by atoms with Gasteiger partial charge in [-0.1, -0.05) is 48.5 Å². The van der Waals surface area contributed by atoms with E-state index < -0.39 is 36.5 Å². The molecule has 2 aromatic carbocycles. The van der Waals surface area contributed by atoms with Crippen molar-refractivity contribution < 1.29 is 32.6 Å². The molecule has 0 radical (unpaired) electrons. The van der Waals surface area contributed by atoms with Crippen molar-refractivity contribution >= 4 is 12.1 Å². The average molecular weight is 419 g/mol. The maximum absolute atomic E-state index is 12.8. The predicted molar refractivity (Wildman–Crippen MR) is 102 cm³/mol. The average Bonchev–Trinajstić information content (AvgIpc) is 3.24. The summed E-state index contributed by atoms with van der Waals surface area (Å²) in [6, 6.07) is 15.6. The molecule has 2 aromatic rings. The van der Waals surface area contributed by atoms with E-state index in [-0.39, 0.29) is 25.6 Å². The number of likely N-dealkylation sites (tertiary alicyclic amines) is 1. The van der Waals surface area contributed by atoms with Gasteiger partial charge < -0.3 is 14.7 Å². The van der Waals surface area contributed by atoms with Gasteiger partial charge in [0.15, 0.2) is 0 Å². The lowest BCUT2D eigenvalue weighted by molar-refractivity contribution is -0.154. The van der Waals surface area contributed by atoms with Crippen LogP contribution in [-0.2, 0) is 9.53 Å². The Morgan fingerprint density at radius 3 is 2.10 bits per heavy atom. The Hall–Kier alpha value is -3.03. The molecule has 1 saturated heterocycles. The minimum atomic E-state index is -4.49. The summed E-state index contributed by atoms with van der Waals surface area (Å²) in [5.74, 6) is -3.95. The standard InChI is InChI=1S/C22H20F3NO4/c23-22(24,25)9-13-10-26(11-18(13)20(27)28)21(29)30-12-19-16-7-3-1-5-14(16)15-6-2-4-8-17(15)19/h1-8,13,18-19H,9-12H2,(H,27,28)/t13-,18-/m1/s1. The first-order valence-corrected chi connectivity index (χ1v) is 9.64. The fraction of sp³-hybridized carbons (Fsp3) is 0.364. The number of rotatable bonds is 4. The summed E-state index contributed by atoms with van der Waals surface area (Å²) >= 11 is 0. The number of alkyl halides is 3. The highest BCUT2D eigenvalue weighted by Gasteiger charge is 2.45. The van der Waals surface area contributed by atoms with Gasteiger partial charge in [0.1, 0.15) is 6.61 Å². The lowest BCUT2D eigenvalue weighted by Crippen LogP contribution is -2.31. The quantitative estimate of drug-likeness (QED) is 0.791. The Labute approximate surface area is 171 Å². The Balaban J connectivity index is 1.46. The van der Waals surface area contributed by atoms with E-state index in [9.17, 15) is 27.9 Å². The van der Waals surface area contributed by atoms with Gasteiger partial charge in [-0.15, -0.1) is 0 Å². The molecule has 2 atom stereocenters. The number of benzene rings is 2. The number of fused-ring (bicyclic) bond motifs is 3. The molecule has 0 spiro atoms. The minimum Gasteiger partial charge on any atom is -0.481 e. The maximum atomic E-state index is 12.8. The van der Waals surface area contributed by atoms with Gasteiger partial charge in [-0.25, -0.2) is 4.79 Å². The number of nitrogens with zero attached hydrogens (tertiary/aromatic N) is 1. The molecule has 8 heteroatoms. The van der Waals surface area contributed by atoms with Crippen LogP contribution in [0, 0.1) is 11.8 Å². The van der Waals surface area contributed by atoms with Crippen molar-refractivity contribution in [3.8, 4) is 11.1 Å². The Morgan fingerprint density at radius 1 is 1.00 bits per heavy atom. The van der Waals surface area contributed by atoms with Crippen molar-refractivity contribution in [3.05, 3.63) is 59.7 Å². The van der Waals surface area contributed by atoms with Gasteiger partial charge in [0.2, 0.25) is 0 Å². The summed E-state index contributed by atoms with van der Waals surface area (Å²) in [7, 11) is 0. The van der Waals surface area contributed by atoms with E-state index in [4.69, 9.17) is 4.74 Å². The molecular weight excluding hydrogens is 399 g/mol. The summed E-state index contributed by atoms with van der Waals surface area (Å²) in [6.07, 6.45) is -6.51. The van der Waals surface area contributed by atoms with Crippen molar-refractivity contribution in [1.82, 2.24) is 4.90 Å². The van der Waals surface area contributed by atoms with Crippen LogP contribution in [0.5, 0.6) is 0 Å². The second-order valence-electron chi connectivity index (χ2n) is 7.73. The van der Waals surface area contributed by atoms with Crippen molar-refractivity contribution in [1.29, 1.82) is 0 Å². The first-order chi connectivity index (χ1) is 14.2. The van der Waals surface area contributed by atoms with Crippen LogP contribution in [0.4, 0.5) is 18.0 Å². The van der Waals surface area contributed by atoms with Crippen LogP contribution in [0.15, 0.2) is 48.5 Å². The molecule has 1 fully saturated rings. The van der Waals surface area contributed by atoms with Gasteiger partial charge in [-0.2, -0.15) is 13.2 Å². The summed E-state index contributed by atoms with van der Waals surface area (Å²) < 4.78 is 43.8. The smallest absolute Gasteiger partial charge is 0.409 e. The highest BCUT2D eigenvalue weighted by molar-refractivity contribution is 5.79. The highest BCUT2D eigenvalue weighted by atomic mass is 19.4. The third-order valence-corrected chi connectivity index (χ3v) is 5.85. The first kappa shape index (κ1) is 20.3. The number of hydrogen-bond acceptors (Lipinski definition) is 3. The summed E-state index contributed by atoms with van der Waals surface area (Å²) in [6.45, 7) is -0.537. The fourth-order valence-electron chi connectivity index (χ4n) is 4.49. The number of carbonyl (C=O) groups is 2. The predicted octanol–water partition coefficient (Wildman–Crippen LogP) is 4.52. The van der Waals surface area contributed by atoms with E-state index in [1.54, 1.807) is 0 Å². The number of halogens is 3. The van der Waals surface area contributed by atoms with E-state index in [1.165, 1.54) is 0 Å². The van der Waals surface area contributed by atoms with Crippen LogP contribution in [-0.4, -0.2) is 47.9 Å². The van der Waals surface area contributed by atoms with Crippen LogP contribution >= 0.6 is 0 Å². The minimum absolute atomic E-state index is 0.0328. The van der Waals surface area contributed by atoms with E-state index >= 15 is 0 Å². The molecular formula is C22H20F3NO4. The number of ether oxygens (including phenoxy) is 1. The third kappa shape index (κ3) is 3.86. The number of carboxylic acids is 1. The third-order valence-electron chi connectivity index (χ3n) is 5.85. The van der Waals surface area contributed by atoms with Gasteiger partial charge >= 0.3 is 18.2 Å². The van der Waals surface area contributed by atoms with E-state index in [2.05, 4.69) is 0 Å². The van der Waals surface area contributed by atoms with Gasteiger partial charge in [0.25, 0.3) is 0 Å². The lowest BCUT2D eigenvalue weighted by Gasteiger charge is -2.19. The van der Waals surface area contributed by atoms with Crippen LogP contribution in [0.3, 0.4) is 0 Å². The fourth-order valence-corrected chi connectivity index (χ4v) is 4.49. The second kappa shape index (κ2) is 7.66. The monoisotopic (exact) mass is 419 g/mol. The molecule has 0 saturated carbocycles. The van der Waals surface area contributed by atoms with Crippen molar-refractivity contribution in [3.63, 3.8) is 0 Å². The maximum Gasteiger partial charge on any atom is 0.409 e. The summed E-state index contributed by atoms with van der Waals surface area (Å²) in [5, 5.41) is 9.25. The molecule has 1 heterocycles. The molecule has 0 unspecified atom stereocenters. The molecule has 4 rings (SSSR count). The zero-order chi connectivity index (χ0) is 21.5. The van der Waals surface area contributed by atoms with Crippen LogP contribution in [0.25, 0.3) is 11.1 Å². The Morgan fingerprint density at radius 2 is 1.57 bits per heavy atom. The van der Waals surface area contributed by atoms with Gasteiger partial charge in [-0.3, -0.25) is 4.79 Å². The van der Waals surface area contributed by atoms with Gasteiger partial charge in [0.05, 0.1) is 5.92 Å². The molecule has 1 amide bonds. The zero-order valence-electron chi connectivity index (χ0n) is 15.9. The van der Waals surface area contributed by atoms with Crippen molar-refractivity contribution in [2.45, 2.75) is 18.5 Å². The topological polar surface area (TPSA) is 66.8 Å². The number of carboxylic acid groups (broad SMARTS) is 1. The molecule has 30 heavy (non-hydrogen) atoms. The number of carbonyl (C=O) groups excluding carboxylic acids is 1. The normalized spacial score (nSPS) is 20.7. The lowest BCUT2D eigenvalue weighted by atomic mass is 9.93. The second-order valence-corrected chi connectivity index (χ2v) is 7.73. The SMILES string of the molecule is O=C(O)[C@@H]1CN(C(=O)OCC2c3ccccc3-c3ccccc32)C[C@H]1CC(F)(F)F. The summed E-state index contributed by atoms with van der Waals surface area (Å²) in [5.41, 5.74) is 4.16. The summed E-state index contributed by atoms with van der Waals surface area (Å²) in [4.78, 5) is 25.0. The van der Waals surface area contributed by atoms with E-state index in [0.29, 0.717) is 0 Å². The molecule has 5 nitrogen and oxygen atoms in total. The Bertz CT molecular complexity index is 929. The van der Waals surface area contributed by atoms with Gasteiger partial charge in [0, 0.05) is 31.3 Å². The number of hydrogen-bond donors (Lipinski definition) is 1. The Kier molecular flexibility index (Phi) is 5.17. The van der Waals surface area contributed by atoms with Crippen LogP contribution in [0.2, 0.25) is 0 Å². The highest BCUT2D eigenvalue weighted by Crippen LogP contribution is 2.44. The van der Waals surface area contributed by atoms with Crippen LogP contribution in [0.1, 0.15) is 23.5 Å². The zero-order valence-corrected chi connectivity index (χ0v) is 15.9. The van der Waals surface area contributed by atoms with Crippen molar-refractivity contribution in [2.75, 3.05) is 19.7 Å². The molecule has 1 aliphatic carbocycles. The number of aliphatic carboxylic acids is 1. The van der Waals surface area contributed by atoms with Crippen LogP contribution < -0.4 is 0 Å². The number of amides is 1. The molecule has 0 aromatic heterocycles. The molecule has 158 valence electrons. The molecule has 0 bridgehead atoms. The van der Waals surface area contributed by atoms with E-state index in [0.717, 1.165) is 27.2 Å². The first-order valence-electron chi connectivity index (χ1n) is 9.64. The molecule has 1 aliphatic heterocycles. The van der Waals surface area contributed by atoms with E-state index in [1.807, 2.05) is 48.5 Å². The van der Waals surface area contributed by atoms with Gasteiger partial charge in [-0.05, 0) is 22.3 Å². The molecule has 1 N–H and O–H groups in total.